The monoisotopic (exact) mass is 264 g/mol. The molecule has 1 aromatic heterocycles. The highest BCUT2D eigenvalue weighted by molar-refractivity contribution is 5.91. The van der Waals surface area contributed by atoms with Crippen molar-refractivity contribution in [1.29, 1.82) is 0 Å². The predicted molar refractivity (Wildman–Crippen MR) is 54.9 cm³/mol. The molecule has 0 unspecified atom stereocenters. The number of methoxy groups -OCH3 is 1. The summed E-state index contributed by atoms with van der Waals surface area (Å²) in [6.07, 6.45) is -3.90. The van der Waals surface area contributed by atoms with Crippen LogP contribution in [0.25, 0.3) is 0 Å². The van der Waals surface area contributed by atoms with E-state index in [1.807, 2.05) is 0 Å². The van der Waals surface area contributed by atoms with Gasteiger partial charge in [-0.1, -0.05) is 0 Å². The van der Waals surface area contributed by atoms with E-state index in [1.54, 1.807) is 0 Å². The molecule has 2 N–H and O–H groups in total. The van der Waals surface area contributed by atoms with Gasteiger partial charge in [0.2, 0.25) is 5.88 Å². The average Bonchev–Trinajstić information content (AvgIpc) is 2.28. The minimum absolute atomic E-state index is 0.0204. The highest BCUT2D eigenvalue weighted by atomic mass is 19.4. The van der Waals surface area contributed by atoms with Crippen molar-refractivity contribution < 1.29 is 27.4 Å². The zero-order chi connectivity index (χ0) is 13.9. The molecule has 0 spiro atoms. The van der Waals surface area contributed by atoms with Crippen LogP contribution < -0.4 is 10.5 Å². The van der Waals surface area contributed by atoms with Crippen LogP contribution in [0.3, 0.4) is 0 Å². The molecule has 1 rings (SSSR count). The number of carbonyl (C=O) groups is 1. The van der Waals surface area contributed by atoms with Gasteiger partial charge in [0.1, 0.15) is 0 Å². The molecule has 0 fully saturated rings. The lowest BCUT2D eigenvalue weighted by molar-refractivity contribution is -0.276. The number of pyridine rings is 1. The van der Waals surface area contributed by atoms with Crippen molar-refractivity contribution in [2.45, 2.75) is 19.8 Å². The van der Waals surface area contributed by atoms with E-state index in [0.29, 0.717) is 0 Å². The van der Waals surface area contributed by atoms with Crippen LogP contribution in [0.5, 0.6) is 5.88 Å². The number of rotatable bonds is 3. The molecular weight excluding hydrogens is 253 g/mol. The summed E-state index contributed by atoms with van der Waals surface area (Å²) in [5.41, 5.74) is 5.68. The lowest BCUT2D eigenvalue weighted by atomic mass is 10.1. The number of carbonyl (C=O) groups excluding carboxylic acids is 1. The Morgan fingerprint density at radius 2 is 2.11 bits per heavy atom. The van der Waals surface area contributed by atoms with Crippen molar-refractivity contribution in [2.75, 3.05) is 7.11 Å². The maximum absolute atomic E-state index is 12.1. The van der Waals surface area contributed by atoms with Crippen molar-refractivity contribution in [2.24, 2.45) is 5.73 Å². The lowest BCUT2D eigenvalue weighted by Gasteiger charge is -2.14. The highest BCUT2D eigenvalue weighted by Gasteiger charge is 2.33. The van der Waals surface area contributed by atoms with Crippen LogP contribution in [0.1, 0.15) is 21.5 Å². The Morgan fingerprint density at radius 3 is 2.56 bits per heavy atom. The van der Waals surface area contributed by atoms with Crippen LogP contribution in [0.2, 0.25) is 0 Å². The molecule has 0 radical (unpaired) electrons. The van der Waals surface area contributed by atoms with E-state index in [1.165, 1.54) is 6.92 Å². The van der Waals surface area contributed by atoms with Crippen LogP contribution in [-0.2, 0) is 11.3 Å². The predicted octanol–water partition coefficient (Wildman–Crippen LogP) is 1.53. The number of ether oxygens (including phenoxy) is 2. The highest BCUT2D eigenvalue weighted by Crippen LogP contribution is 2.27. The lowest BCUT2D eigenvalue weighted by Crippen LogP contribution is -2.20. The zero-order valence-electron chi connectivity index (χ0n) is 9.67. The molecule has 5 nitrogen and oxygen atoms in total. The molecule has 0 saturated heterocycles. The summed E-state index contributed by atoms with van der Waals surface area (Å²) in [5, 5.41) is 0. The second-order valence-electron chi connectivity index (χ2n) is 3.32. The van der Waals surface area contributed by atoms with Gasteiger partial charge in [-0.05, 0) is 12.5 Å². The number of esters is 1. The standard InChI is InChI=1S/C10H11F3N2O3/c1-5-6(3-14)7(9(16)17-2)4-15-8(5)18-10(11,12)13/h4H,3,14H2,1-2H3. The van der Waals surface area contributed by atoms with Crippen molar-refractivity contribution in [3.05, 3.63) is 22.9 Å². The molecule has 0 aliphatic rings. The van der Waals surface area contributed by atoms with Crippen molar-refractivity contribution in [3.63, 3.8) is 0 Å². The number of nitrogens with zero attached hydrogens (tertiary/aromatic N) is 1. The summed E-state index contributed by atoms with van der Waals surface area (Å²) >= 11 is 0. The first-order valence-electron chi connectivity index (χ1n) is 4.82. The molecule has 0 aliphatic heterocycles. The Bertz CT molecular complexity index is 460. The van der Waals surface area contributed by atoms with Crippen molar-refractivity contribution in [1.82, 2.24) is 4.98 Å². The molecule has 0 amide bonds. The minimum atomic E-state index is -4.85. The number of hydrogen-bond acceptors (Lipinski definition) is 5. The van der Waals surface area contributed by atoms with Crippen LogP contribution in [0, 0.1) is 6.92 Å². The summed E-state index contributed by atoms with van der Waals surface area (Å²) in [5.74, 6) is -1.35. The molecule has 0 bridgehead atoms. The molecule has 0 aliphatic carbocycles. The number of aromatic nitrogens is 1. The summed E-state index contributed by atoms with van der Waals surface area (Å²) < 4.78 is 44.5. The van der Waals surface area contributed by atoms with Gasteiger partial charge < -0.3 is 15.2 Å². The third kappa shape index (κ3) is 3.10. The van der Waals surface area contributed by atoms with Gasteiger partial charge in [0.05, 0.1) is 12.7 Å². The van der Waals surface area contributed by atoms with Gasteiger partial charge in [-0.25, -0.2) is 9.78 Å². The fraction of sp³-hybridized carbons (Fsp3) is 0.400. The zero-order valence-corrected chi connectivity index (χ0v) is 9.67. The summed E-state index contributed by atoms with van der Waals surface area (Å²) in [6.45, 7) is 1.20. The number of halogens is 3. The smallest absolute Gasteiger partial charge is 0.465 e. The topological polar surface area (TPSA) is 74.4 Å². The van der Waals surface area contributed by atoms with Crippen LogP contribution in [0.15, 0.2) is 6.20 Å². The normalized spacial score (nSPS) is 11.2. The molecule has 100 valence electrons. The Hall–Kier alpha value is -1.83. The van der Waals surface area contributed by atoms with Gasteiger partial charge in [0.15, 0.2) is 0 Å². The van der Waals surface area contributed by atoms with E-state index in [0.717, 1.165) is 13.3 Å². The first-order valence-corrected chi connectivity index (χ1v) is 4.82. The van der Waals surface area contributed by atoms with Crippen LogP contribution >= 0.6 is 0 Å². The first-order chi connectivity index (χ1) is 8.30. The molecule has 0 atom stereocenters. The number of hydrogen-bond donors (Lipinski definition) is 1. The maximum atomic E-state index is 12.1. The summed E-state index contributed by atoms with van der Waals surface area (Å²) in [6, 6.07) is 0. The van der Waals surface area contributed by atoms with E-state index in [-0.39, 0.29) is 23.2 Å². The Kier molecular flexibility index (Phi) is 4.12. The quantitative estimate of drug-likeness (QED) is 0.838. The van der Waals surface area contributed by atoms with Gasteiger partial charge >= 0.3 is 12.3 Å². The molecule has 18 heavy (non-hydrogen) atoms. The Labute approximate surface area is 101 Å². The van der Waals surface area contributed by atoms with E-state index < -0.39 is 18.2 Å². The fourth-order valence-electron chi connectivity index (χ4n) is 1.39. The Balaban J connectivity index is 3.24. The summed E-state index contributed by atoms with van der Waals surface area (Å²) in [7, 11) is 1.15. The van der Waals surface area contributed by atoms with Gasteiger partial charge in [-0.2, -0.15) is 0 Å². The minimum Gasteiger partial charge on any atom is -0.465 e. The maximum Gasteiger partial charge on any atom is 0.574 e. The average molecular weight is 264 g/mol. The molecular formula is C10H11F3N2O3. The van der Waals surface area contributed by atoms with Gasteiger partial charge in [-0.15, -0.1) is 13.2 Å². The van der Waals surface area contributed by atoms with Gasteiger partial charge in [-0.3, -0.25) is 0 Å². The van der Waals surface area contributed by atoms with E-state index in [4.69, 9.17) is 5.73 Å². The SMILES string of the molecule is COC(=O)c1cnc(OC(F)(F)F)c(C)c1CN. The van der Waals surface area contributed by atoms with Crippen LogP contribution in [0.4, 0.5) is 13.2 Å². The Morgan fingerprint density at radius 1 is 1.50 bits per heavy atom. The molecule has 0 aromatic carbocycles. The molecule has 8 heteroatoms. The first kappa shape index (κ1) is 14.2. The van der Waals surface area contributed by atoms with Crippen LogP contribution in [-0.4, -0.2) is 24.4 Å². The second kappa shape index (κ2) is 5.21. The summed E-state index contributed by atoms with van der Waals surface area (Å²) in [4.78, 5) is 14.8. The fourth-order valence-corrected chi connectivity index (χ4v) is 1.39. The van der Waals surface area contributed by atoms with Crippen molar-refractivity contribution in [3.8, 4) is 5.88 Å². The third-order valence-corrected chi connectivity index (χ3v) is 2.23. The largest absolute Gasteiger partial charge is 0.574 e. The molecule has 0 saturated carbocycles. The van der Waals surface area contributed by atoms with E-state index >= 15 is 0 Å². The molecule has 1 aromatic rings. The van der Waals surface area contributed by atoms with Gasteiger partial charge in [0.25, 0.3) is 0 Å². The second-order valence-corrected chi connectivity index (χ2v) is 3.32. The number of alkyl halides is 3. The van der Waals surface area contributed by atoms with E-state index in [9.17, 15) is 18.0 Å². The molecule has 1 heterocycles. The third-order valence-electron chi connectivity index (χ3n) is 2.23. The van der Waals surface area contributed by atoms with Crippen molar-refractivity contribution >= 4 is 5.97 Å². The van der Waals surface area contributed by atoms with E-state index in [2.05, 4.69) is 14.5 Å². The van der Waals surface area contributed by atoms with Gasteiger partial charge in [0, 0.05) is 18.3 Å². The number of nitrogens with two attached hydrogens (primary N) is 1.